The van der Waals surface area contributed by atoms with Crippen molar-refractivity contribution < 1.29 is 23.2 Å². The van der Waals surface area contributed by atoms with Crippen molar-refractivity contribution in [2.45, 2.75) is 12.8 Å². The predicted octanol–water partition coefficient (Wildman–Crippen LogP) is 1.64. The Morgan fingerprint density at radius 2 is 2.24 bits per heavy atom. The average molecular weight is 246 g/mol. The van der Waals surface area contributed by atoms with Gasteiger partial charge >= 0.3 is 5.97 Å². The standard InChI is InChI=1S/C9H8F2N2O4/c1-17-8(14)4-6-7(13(15)16)3-2-5(12-6)9(10)11/h2-3,9H,4H2,1H3. The number of pyridine rings is 1. The Hall–Kier alpha value is -2.12. The van der Waals surface area contributed by atoms with E-state index in [1.165, 1.54) is 0 Å². The van der Waals surface area contributed by atoms with Gasteiger partial charge in [-0.1, -0.05) is 0 Å². The van der Waals surface area contributed by atoms with Crippen molar-refractivity contribution in [3.05, 3.63) is 33.6 Å². The number of methoxy groups -OCH3 is 1. The van der Waals surface area contributed by atoms with E-state index in [-0.39, 0.29) is 5.69 Å². The van der Waals surface area contributed by atoms with Gasteiger partial charge < -0.3 is 4.74 Å². The van der Waals surface area contributed by atoms with Gasteiger partial charge in [0, 0.05) is 6.07 Å². The van der Waals surface area contributed by atoms with Gasteiger partial charge in [-0.15, -0.1) is 0 Å². The van der Waals surface area contributed by atoms with Crippen molar-refractivity contribution in [1.29, 1.82) is 0 Å². The molecule has 92 valence electrons. The maximum Gasteiger partial charge on any atom is 0.311 e. The maximum atomic E-state index is 12.4. The van der Waals surface area contributed by atoms with Crippen LogP contribution in [0.4, 0.5) is 14.5 Å². The van der Waals surface area contributed by atoms with Gasteiger partial charge in [-0.25, -0.2) is 13.8 Å². The first kappa shape index (κ1) is 12.9. The second-order valence-electron chi connectivity index (χ2n) is 3.01. The molecule has 1 rings (SSSR count). The zero-order valence-electron chi connectivity index (χ0n) is 8.72. The Kier molecular flexibility index (Phi) is 4.02. The third kappa shape index (κ3) is 3.16. The van der Waals surface area contributed by atoms with Crippen LogP contribution in [-0.2, 0) is 16.0 Å². The first-order chi connectivity index (χ1) is 7.95. The minimum Gasteiger partial charge on any atom is -0.469 e. The molecule has 1 aromatic rings. The van der Waals surface area contributed by atoms with Crippen molar-refractivity contribution in [2.24, 2.45) is 0 Å². The summed E-state index contributed by atoms with van der Waals surface area (Å²) in [7, 11) is 1.09. The molecule has 0 bridgehead atoms. The summed E-state index contributed by atoms with van der Waals surface area (Å²) in [5.41, 5.74) is -1.44. The molecule has 0 unspecified atom stereocenters. The fraction of sp³-hybridized carbons (Fsp3) is 0.333. The Labute approximate surface area is 94.4 Å². The largest absolute Gasteiger partial charge is 0.469 e. The Morgan fingerprint density at radius 1 is 1.59 bits per heavy atom. The van der Waals surface area contributed by atoms with Crippen LogP contribution < -0.4 is 0 Å². The van der Waals surface area contributed by atoms with Gasteiger partial charge in [0.1, 0.15) is 11.4 Å². The van der Waals surface area contributed by atoms with Crippen molar-refractivity contribution in [1.82, 2.24) is 4.98 Å². The molecule has 1 heterocycles. The van der Waals surface area contributed by atoms with Crippen LogP contribution in [0.15, 0.2) is 12.1 Å². The number of rotatable bonds is 4. The first-order valence-electron chi connectivity index (χ1n) is 4.45. The summed E-state index contributed by atoms with van der Waals surface area (Å²) in [6.45, 7) is 0. The maximum absolute atomic E-state index is 12.4. The third-order valence-corrected chi connectivity index (χ3v) is 1.93. The number of esters is 1. The number of halogens is 2. The van der Waals surface area contributed by atoms with Gasteiger partial charge in [-0.3, -0.25) is 14.9 Å². The molecule has 0 saturated heterocycles. The Bertz CT molecular complexity index is 451. The van der Waals surface area contributed by atoms with Gasteiger partial charge in [0.25, 0.3) is 12.1 Å². The lowest BCUT2D eigenvalue weighted by Gasteiger charge is -2.04. The normalized spacial score (nSPS) is 10.4. The summed E-state index contributed by atoms with van der Waals surface area (Å²) < 4.78 is 29.0. The summed E-state index contributed by atoms with van der Waals surface area (Å²) in [5, 5.41) is 10.6. The smallest absolute Gasteiger partial charge is 0.311 e. The molecular formula is C9H8F2N2O4. The molecule has 0 spiro atoms. The summed E-state index contributed by atoms with van der Waals surface area (Å²) in [4.78, 5) is 24.2. The number of alkyl halides is 2. The summed E-state index contributed by atoms with van der Waals surface area (Å²) in [6, 6.07) is 1.75. The zero-order valence-corrected chi connectivity index (χ0v) is 8.72. The molecule has 0 saturated carbocycles. The van der Waals surface area contributed by atoms with E-state index in [2.05, 4.69) is 9.72 Å². The van der Waals surface area contributed by atoms with Crippen molar-refractivity contribution >= 4 is 11.7 Å². The van der Waals surface area contributed by atoms with Crippen LogP contribution in [0.5, 0.6) is 0 Å². The van der Waals surface area contributed by atoms with Crippen LogP contribution in [-0.4, -0.2) is 23.0 Å². The van der Waals surface area contributed by atoms with Crippen LogP contribution >= 0.6 is 0 Å². The van der Waals surface area contributed by atoms with E-state index in [1.807, 2.05) is 0 Å². The van der Waals surface area contributed by atoms with E-state index in [9.17, 15) is 23.7 Å². The quantitative estimate of drug-likeness (QED) is 0.458. The molecule has 0 amide bonds. The number of hydrogen-bond donors (Lipinski definition) is 0. The van der Waals surface area contributed by atoms with E-state index in [1.54, 1.807) is 0 Å². The number of ether oxygens (including phenoxy) is 1. The van der Waals surface area contributed by atoms with E-state index >= 15 is 0 Å². The number of nitrogens with zero attached hydrogens (tertiary/aromatic N) is 2. The molecule has 1 aromatic heterocycles. The van der Waals surface area contributed by atoms with E-state index in [4.69, 9.17) is 0 Å². The predicted molar refractivity (Wildman–Crippen MR) is 51.6 cm³/mol. The van der Waals surface area contributed by atoms with Crippen LogP contribution in [0.1, 0.15) is 17.8 Å². The molecule has 17 heavy (non-hydrogen) atoms. The highest BCUT2D eigenvalue weighted by molar-refractivity contribution is 5.73. The van der Waals surface area contributed by atoms with Crippen LogP contribution in [0.2, 0.25) is 0 Å². The second kappa shape index (κ2) is 5.28. The molecular weight excluding hydrogens is 238 g/mol. The van der Waals surface area contributed by atoms with E-state index < -0.39 is 35.1 Å². The Morgan fingerprint density at radius 3 is 2.71 bits per heavy atom. The molecule has 0 aliphatic carbocycles. The lowest BCUT2D eigenvalue weighted by molar-refractivity contribution is -0.385. The number of carbonyl (C=O) groups excluding carboxylic acids is 1. The zero-order chi connectivity index (χ0) is 13.0. The van der Waals surface area contributed by atoms with Gasteiger partial charge in [-0.2, -0.15) is 0 Å². The Balaban J connectivity index is 3.15. The molecule has 0 aliphatic rings. The number of nitro groups is 1. The van der Waals surface area contributed by atoms with Gasteiger partial charge in [-0.05, 0) is 6.07 Å². The first-order valence-corrected chi connectivity index (χ1v) is 4.45. The monoisotopic (exact) mass is 246 g/mol. The van der Waals surface area contributed by atoms with Gasteiger partial charge in [0.05, 0.1) is 18.5 Å². The topological polar surface area (TPSA) is 82.3 Å². The van der Waals surface area contributed by atoms with Gasteiger partial charge in [0.15, 0.2) is 0 Å². The molecule has 0 aromatic carbocycles. The second-order valence-corrected chi connectivity index (χ2v) is 3.01. The lowest BCUT2D eigenvalue weighted by atomic mass is 10.2. The number of aromatic nitrogens is 1. The lowest BCUT2D eigenvalue weighted by Crippen LogP contribution is -2.10. The molecule has 0 N–H and O–H groups in total. The molecule has 0 atom stereocenters. The van der Waals surface area contributed by atoms with Crippen LogP contribution in [0.25, 0.3) is 0 Å². The van der Waals surface area contributed by atoms with E-state index in [0.29, 0.717) is 0 Å². The fourth-order valence-electron chi connectivity index (χ4n) is 1.14. The van der Waals surface area contributed by atoms with E-state index in [0.717, 1.165) is 19.2 Å². The fourth-order valence-corrected chi connectivity index (χ4v) is 1.14. The summed E-state index contributed by atoms with van der Waals surface area (Å²) in [6.07, 6.45) is -3.37. The van der Waals surface area contributed by atoms with Crippen molar-refractivity contribution in [3.63, 3.8) is 0 Å². The number of hydrogen-bond acceptors (Lipinski definition) is 5. The van der Waals surface area contributed by atoms with Crippen molar-refractivity contribution in [3.8, 4) is 0 Å². The molecule has 0 fully saturated rings. The third-order valence-electron chi connectivity index (χ3n) is 1.93. The molecule has 6 nitrogen and oxygen atoms in total. The summed E-state index contributed by atoms with van der Waals surface area (Å²) in [5.74, 6) is -0.785. The molecule has 0 radical (unpaired) electrons. The molecule has 0 aliphatic heterocycles. The SMILES string of the molecule is COC(=O)Cc1nc(C(F)F)ccc1[N+](=O)[O-]. The van der Waals surface area contributed by atoms with Crippen LogP contribution in [0.3, 0.4) is 0 Å². The van der Waals surface area contributed by atoms with Crippen LogP contribution in [0, 0.1) is 10.1 Å². The highest BCUT2D eigenvalue weighted by Crippen LogP contribution is 2.23. The van der Waals surface area contributed by atoms with Gasteiger partial charge in [0.2, 0.25) is 0 Å². The average Bonchev–Trinajstić information content (AvgIpc) is 2.28. The minimum absolute atomic E-state index is 0.334. The highest BCUT2D eigenvalue weighted by Gasteiger charge is 2.21. The number of carbonyl (C=O) groups is 1. The minimum atomic E-state index is -2.85. The molecule has 8 heteroatoms. The highest BCUT2D eigenvalue weighted by atomic mass is 19.3. The van der Waals surface area contributed by atoms with Crippen molar-refractivity contribution in [2.75, 3.05) is 7.11 Å². The summed E-state index contributed by atoms with van der Waals surface area (Å²) >= 11 is 0.